The molecule has 0 aliphatic carbocycles. The molecule has 0 fully saturated rings. The molecule has 0 aliphatic heterocycles. The van der Waals surface area contributed by atoms with E-state index in [4.69, 9.17) is 18.9 Å². The summed E-state index contributed by atoms with van der Waals surface area (Å²) in [5.74, 6) is 3.72. The van der Waals surface area contributed by atoms with Crippen molar-refractivity contribution in [2.45, 2.75) is 336 Å². The van der Waals surface area contributed by atoms with Gasteiger partial charge in [0, 0.05) is 10.8 Å². The normalized spacial score (nSPS) is 11.6. The molecule has 0 saturated carbocycles. The van der Waals surface area contributed by atoms with Crippen LogP contribution in [0.2, 0.25) is 0 Å². The quantitative estimate of drug-likeness (QED) is 0.0417. The van der Waals surface area contributed by atoms with E-state index in [0.29, 0.717) is 13.2 Å². The van der Waals surface area contributed by atoms with Gasteiger partial charge in [-0.1, -0.05) is 334 Å². The summed E-state index contributed by atoms with van der Waals surface area (Å²) in [5.41, 5.74) is 0. The van der Waals surface area contributed by atoms with Gasteiger partial charge in [0.15, 0.2) is 0 Å². The third-order valence-electron chi connectivity index (χ3n) is 16.0. The summed E-state index contributed by atoms with van der Waals surface area (Å²) in [6, 6.07) is 13.2. The second-order valence-corrected chi connectivity index (χ2v) is 23.0. The fraction of sp³-hybridized carbons (Fsp3) is 0.800. The Kier molecular flexibility index (Phi) is 43.2. The Bertz CT molecular complexity index is 1590. The monoisotopic (exact) mass is 1030 g/mol. The number of hydrogen-bond donors (Lipinski definition) is 0. The molecule has 74 heavy (non-hydrogen) atoms. The minimum atomic E-state index is 0.695. The predicted molar refractivity (Wildman–Crippen MR) is 328 cm³/mol. The third kappa shape index (κ3) is 31.6. The van der Waals surface area contributed by atoms with Crippen LogP contribution in [-0.4, -0.2) is 26.4 Å². The highest BCUT2D eigenvalue weighted by atomic mass is 16.5. The summed E-state index contributed by atoms with van der Waals surface area (Å²) in [6.07, 6.45) is 64.2. The molecule has 0 unspecified atom stereocenters. The van der Waals surface area contributed by atoms with Crippen LogP contribution in [0.4, 0.5) is 0 Å². The standard InChI is InChI=1S/C70H122O4/c1-5-9-13-17-21-25-29-33-37-41-45-49-59-71-65-57-53-55-63-67(65)70(74-62-52-48-44-40-36-32-28-24-20-16-12-8-4)68-64(69(63)73-61-51-47-43-39-35-31-27-23-19-15-11-7-3)56-54-58-66(68)72-60-50-46-42-38-34-30-26-22-18-14-10-6-2/h53-58H,5-52,59-62H2,1-4H3. The second-order valence-electron chi connectivity index (χ2n) is 23.0. The molecule has 0 aliphatic rings. The lowest BCUT2D eigenvalue weighted by Gasteiger charge is -2.22. The highest BCUT2D eigenvalue weighted by molar-refractivity contribution is 6.15. The lowest BCUT2D eigenvalue weighted by atomic mass is 9.98. The van der Waals surface area contributed by atoms with Crippen LogP contribution in [0.1, 0.15) is 336 Å². The number of hydrogen-bond acceptors (Lipinski definition) is 4. The SMILES string of the molecule is CCCCCCCCCCCCCCOc1c2cccc(OCCCCCCCCCCCCCC)c2c(OCCCCCCCCCCCCCC)c2c(OCCCCCCCCCCCCCC)cccc12. The van der Waals surface area contributed by atoms with Gasteiger partial charge in [0.25, 0.3) is 0 Å². The number of benzene rings is 3. The van der Waals surface area contributed by atoms with E-state index in [1.165, 1.54) is 283 Å². The summed E-state index contributed by atoms with van der Waals surface area (Å²) in [4.78, 5) is 0. The molecular formula is C70H122O4. The van der Waals surface area contributed by atoms with Crippen LogP contribution in [0.25, 0.3) is 21.5 Å². The van der Waals surface area contributed by atoms with Crippen LogP contribution in [0, 0.1) is 0 Å². The van der Waals surface area contributed by atoms with Gasteiger partial charge in [0.05, 0.1) is 37.2 Å². The molecule has 3 aromatic rings. The Morgan fingerprint density at radius 3 is 0.662 bits per heavy atom. The first-order chi connectivity index (χ1) is 36.8. The van der Waals surface area contributed by atoms with Crippen molar-refractivity contribution in [1.82, 2.24) is 0 Å². The number of rotatable bonds is 56. The van der Waals surface area contributed by atoms with Crippen molar-refractivity contribution in [3.05, 3.63) is 36.4 Å². The molecule has 4 nitrogen and oxygen atoms in total. The summed E-state index contributed by atoms with van der Waals surface area (Å²) >= 11 is 0. The smallest absolute Gasteiger partial charge is 0.142 e. The van der Waals surface area contributed by atoms with Crippen molar-refractivity contribution in [2.75, 3.05) is 26.4 Å². The first-order valence-electron chi connectivity index (χ1n) is 33.3. The number of unbranched alkanes of at least 4 members (excludes halogenated alkanes) is 44. The first kappa shape index (κ1) is 65.7. The van der Waals surface area contributed by atoms with Crippen molar-refractivity contribution in [2.24, 2.45) is 0 Å². The molecular weight excluding hydrogens is 905 g/mol. The van der Waals surface area contributed by atoms with Gasteiger partial charge in [-0.25, -0.2) is 0 Å². The Hall–Kier alpha value is -2.62. The van der Waals surface area contributed by atoms with Gasteiger partial charge >= 0.3 is 0 Å². The van der Waals surface area contributed by atoms with E-state index in [9.17, 15) is 0 Å². The van der Waals surface area contributed by atoms with Crippen LogP contribution >= 0.6 is 0 Å². The van der Waals surface area contributed by atoms with Crippen molar-refractivity contribution in [3.63, 3.8) is 0 Å². The minimum absolute atomic E-state index is 0.695. The van der Waals surface area contributed by atoms with Gasteiger partial charge in [-0.15, -0.1) is 0 Å². The molecule has 0 amide bonds. The van der Waals surface area contributed by atoms with Gasteiger partial charge in [-0.3, -0.25) is 0 Å². The number of fused-ring (bicyclic) bond motifs is 2. The lowest BCUT2D eigenvalue weighted by Crippen LogP contribution is -2.06. The predicted octanol–water partition coefficient (Wildman–Crippen LogP) is 24.3. The average molecular weight is 1030 g/mol. The molecule has 0 bridgehead atoms. The van der Waals surface area contributed by atoms with E-state index in [0.717, 1.165) is 83.4 Å². The maximum atomic E-state index is 7.11. The van der Waals surface area contributed by atoms with Gasteiger partial charge in [-0.05, 0) is 37.8 Å². The highest BCUT2D eigenvalue weighted by Gasteiger charge is 2.23. The topological polar surface area (TPSA) is 36.9 Å². The Labute approximate surface area is 460 Å². The molecule has 3 aromatic carbocycles. The van der Waals surface area contributed by atoms with Crippen molar-refractivity contribution in [1.29, 1.82) is 0 Å². The number of ether oxygens (including phenoxy) is 4. The largest absolute Gasteiger partial charge is 0.493 e. The van der Waals surface area contributed by atoms with Gasteiger partial charge in [0.2, 0.25) is 0 Å². The molecule has 0 saturated heterocycles. The zero-order valence-corrected chi connectivity index (χ0v) is 49.9. The van der Waals surface area contributed by atoms with E-state index in [1.807, 2.05) is 0 Å². The van der Waals surface area contributed by atoms with Crippen LogP contribution in [0.15, 0.2) is 36.4 Å². The van der Waals surface area contributed by atoms with Crippen LogP contribution in [0.5, 0.6) is 23.0 Å². The Morgan fingerprint density at radius 1 is 0.216 bits per heavy atom. The average Bonchev–Trinajstić information content (AvgIpc) is 3.41. The van der Waals surface area contributed by atoms with Gasteiger partial charge in [0.1, 0.15) is 23.0 Å². The molecule has 0 spiro atoms. The van der Waals surface area contributed by atoms with E-state index in [-0.39, 0.29) is 0 Å². The summed E-state index contributed by atoms with van der Waals surface area (Å²) in [6.45, 7) is 12.1. The van der Waals surface area contributed by atoms with E-state index >= 15 is 0 Å². The van der Waals surface area contributed by atoms with E-state index in [2.05, 4.69) is 64.1 Å². The maximum Gasteiger partial charge on any atom is 0.142 e. The highest BCUT2D eigenvalue weighted by Crippen LogP contribution is 2.50. The zero-order chi connectivity index (χ0) is 52.5. The van der Waals surface area contributed by atoms with Crippen molar-refractivity contribution < 1.29 is 18.9 Å². The Morgan fingerprint density at radius 2 is 0.419 bits per heavy atom. The molecule has 426 valence electrons. The van der Waals surface area contributed by atoms with Crippen molar-refractivity contribution in [3.8, 4) is 23.0 Å². The van der Waals surface area contributed by atoms with E-state index < -0.39 is 0 Å². The fourth-order valence-electron chi connectivity index (χ4n) is 11.2. The molecule has 0 heterocycles. The summed E-state index contributed by atoms with van der Waals surface area (Å²) in [7, 11) is 0. The zero-order valence-electron chi connectivity index (χ0n) is 49.9. The fourth-order valence-corrected chi connectivity index (χ4v) is 11.2. The van der Waals surface area contributed by atoms with Crippen molar-refractivity contribution >= 4 is 21.5 Å². The molecule has 4 heteroatoms. The Balaban J connectivity index is 1.74. The first-order valence-corrected chi connectivity index (χ1v) is 33.3. The van der Waals surface area contributed by atoms with Gasteiger partial charge in [-0.2, -0.15) is 0 Å². The second kappa shape index (κ2) is 48.7. The van der Waals surface area contributed by atoms with E-state index in [1.54, 1.807) is 0 Å². The molecule has 0 atom stereocenters. The summed E-state index contributed by atoms with van der Waals surface area (Å²) in [5, 5.41) is 4.32. The lowest BCUT2D eigenvalue weighted by molar-refractivity contribution is 0.292. The third-order valence-corrected chi connectivity index (χ3v) is 16.0. The molecule has 3 rings (SSSR count). The maximum absolute atomic E-state index is 7.11. The minimum Gasteiger partial charge on any atom is -0.493 e. The van der Waals surface area contributed by atoms with Crippen LogP contribution in [-0.2, 0) is 0 Å². The molecule has 0 aromatic heterocycles. The molecule has 0 radical (unpaired) electrons. The summed E-state index contributed by atoms with van der Waals surface area (Å²) < 4.78 is 27.8. The molecule has 0 N–H and O–H groups in total. The van der Waals surface area contributed by atoms with Crippen LogP contribution < -0.4 is 18.9 Å². The van der Waals surface area contributed by atoms with Gasteiger partial charge < -0.3 is 18.9 Å². The van der Waals surface area contributed by atoms with Crippen LogP contribution in [0.3, 0.4) is 0 Å².